The number of benzene rings is 2. The molecule has 29 heavy (non-hydrogen) atoms. The minimum Gasteiger partial charge on any atom is -0.510 e. The molecule has 0 spiro atoms. The third kappa shape index (κ3) is 3.64. The number of aliphatic hydroxyl groups excluding tert-OH is 1. The van der Waals surface area contributed by atoms with Crippen molar-refractivity contribution < 1.29 is 9.90 Å². The number of thiazole rings is 1. The highest BCUT2D eigenvalue weighted by Gasteiger charge is 2.32. The molecule has 1 aliphatic rings. The van der Waals surface area contributed by atoms with Gasteiger partial charge in [-0.1, -0.05) is 36.4 Å². The Morgan fingerprint density at radius 1 is 1.21 bits per heavy atom. The van der Waals surface area contributed by atoms with Crippen molar-refractivity contribution in [2.45, 2.75) is 13.8 Å². The molecule has 0 radical (unpaired) electrons. The normalized spacial score (nSPS) is 13.9. The predicted molar refractivity (Wildman–Crippen MR) is 118 cm³/mol. The van der Waals surface area contributed by atoms with E-state index in [1.165, 1.54) is 18.3 Å². The molecule has 0 bridgehead atoms. The Morgan fingerprint density at radius 3 is 2.69 bits per heavy atom. The average Bonchev–Trinajstić information content (AvgIpc) is 3.21. The van der Waals surface area contributed by atoms with Gasteiger partial charge >= 0.3 is 0 Å². The van der Waals surface area contributed by atoms with Crippen LogP contribution in [-0.2, 0) is 4.79 Å². The van der Waals surface area contributed by atoms with E-state index in [0.717, 1.165) is 21.8 Å². The molecule has 1 aromatic heterocycles. The summed E-state index contributed by atoms with van der Waals surface area (Å²) < 4.78 is 0. The number of amidine groups is 1. The minimum atomic E-state index is -0.160. The molecule has 0 aliphatic carbocycles. The summed E-state index contributed by atoms with van der Waals surface area (Å²) in [6.45, 7) is 3.64. The van der Waals surface area contributed by atoms with E-state index in [1.54, 1.807) is 17.0 Å². The van der Waals surface area contributed by atoms with Crippen LogP contribution in [0.1, 0.15) is 16.8 Å². The maximum Gasteiger partial charge on any atom is 0.221 e. The Kier molecular flexibility index (Phi) is 4.90. The van der Waals surface area contributed by atoms with Crippen molar-refractivity contribution in [1.82, 2.24) is 4.98 Å². The van der Waals surface area contributed by atoms with E-state index < -0.39 is 0 Å². The Morgan fingerprint density at radius 2 is 1.97 bits per heavy atom. The Hall–Kier alpha value is -3.45. The summed E-state index contributed by atoms with van der Waals surface area (Å²) in [5.74, 6) is 0.149. The van der Waals surface area contributed by atoms with Crippen molar-refractivity contribution in [2.24, 2.45) is 0 Å². The fourth-order valence-electron chi connectivity index (χ4n) is 3.35. The van der Waals surface area contributed by atoms with Gasteiger partial charge in [0.15, 0.2) is 0 Å². The lowest BCUT2D eigenvalue weighted by molar-refractivity contribution is -0.114. The molecule has 7 heteroatoms. The van der Waals surface area contributed by atoms with Crippen molar-refractivity contribution in [1.29, 1.82) is 5.41 Å². The van der Waals surface area contributed by atoms with Crippen LogP contribution in [-0.4, -0.2) is 28.4 Å². The average molecular weight is 404 g/mol. The van der Waals surface area contributed by atoms with Crippen LogP contribution in [0.3, 0.4) is 0 Å². The first-order valence-corrected chi connectivity index (χ1v) is 9.95. The molecular formula is C22H20N4O2S. The SMILES string of the molecule is CC(=O)Nc1cccc(N2CC(O)=C(c3nc(-c4ccccc4)c(C)s3)C2=N)c1. The van der Waals surface area contributed by atoms with Crippen LogP contribution in [0.2, 0.25) is 0 Å². The van der Waals surface area contributed by atoms with Crippen LogP contribution in [0, 0.1) is 12.3 Å². The smallest absolute Gasteiger partial charge is 0.221 e. The number of anilines is 2. The minimum absolute atomic E-state index is 0.119. The van der Waals surface area contributed by atoms with Crippen molar-refractivity contribution in [2.75, 3.05) is 16.8 Å². The molecule has 146 valence electrons. The van der Waals surface area contributed by atoms with Gasteiger partial charge in [-0.2, -0.15) is 0 Å². The molecule has 0 saturated heterocycles. The largest absolute Gasteiger partial charge is 0.510 e. The molecule has 3 N–H and O–H groups in total. The predicted octanol–water partition coefficient (Wildman–Crippen LogP) is 4.84. The summed E-state index contributed by atoms with van der Waals surface area (Å²) in [6.07, 6.45) is 0. The number of aliphatic hydroxyl groups is 1. The van der Waals surface area contributed by atoms with Crippen LogP contribution in [0.5, 0.6) is 0 Å². The molecule has 0 fully saturated rings. The third-order valence-electron chi connectivity index (χ3n) is 4.64. The molecule has 0 atom stereocenters. The van der Waals surface area contributed by atoms with Gasteiger partial charge < -0.3 is 15.3 Å². The molecule has 1 amide bonds. The second kappa shape index (κ2) is 7.52. The van der Waals surface area contributed by atoms with Crippen molar-refractivity contribution in [3.05, 3.63) is 70.2 Å². The lowest BCUT2D eigenvalue weighted by Crippen LogP contribution is -2.26. The van der Waals surface area contributed by atoms with E-state index >= 15 is 0 Å². The maximum atomic E-state index is 11.3. The van der Waals surface area contributed by atoms with Crippen LogP contribution in [0.25, 0.3) is 16.8 Å². The fourth-order valence-corrected chi connectivity index (χ4v) is 4.35. The van der Waals surface area contributed by atoms with Crippen LogP contribution in [0.15, 0.2) is 60.4 Å². The summed E-state index contributed by atoms with van der Waals surface area (Å²) in [7, 11) is 0. The number of carbonyl (C=O) groups excluding carboxylic acids is 1. The first-order valence-electron chi connectivity index (χ1n) is 9.13. The number of aryl methyl sites for hydroxylation is 1. The topological polar surface area (TPSA) is 89.3 Å². The van der Waals surface area contributed by atoms with Crippen LogP contribution >= 0.6 is 11.3 Å². The highest BCUT2D eigenvalue weighted by molar-refractivity contribution is 7.13. The molecule has 6 nitrogen and oxygen atoms in total. The quantitative estimate of drug-likeness (QED) is 0.580. The highest BCUT2D eigenvalue weighted by Crippen LogP contribution is 2.37. The Bertz CT molecular complexity index is 1130. The van der Waals surface area contributed by atoms with Gasteiger partial charge in [-0.3, -0.25) is 10.2 Å². The first-order chi connectivity index (χ1) is 13.9. The number of aromatic nitrogens is 1. The van der Waals surface area contributed by atoms with E-state index in [2.05, 4.69) is 5.32 Å². The van der Waals surface area contributed by atoms with Gasteiger partial charge in [0.25, 0.3) is 0 Å². The van der Waals surface area contributed by atoms with Gasteiger partial charge in [0.2, 0.25) is 5.91 Å². The lowest BCUT2D eigenvalue weighted by Gasteiger charge is -2.19. The zero-order valence-corrected chi connectivity index (χ0v) is 16.9. The second-order valence-electron chi connectivity index (χ2n) is 6.78. The molecule has 2 heterocycles. The van der Waals surface area contributed by atoms with E-state index in [0.29, 0.717) is 16.3 Å². The summed E-state index contributed by atoms with van der Waals surface area (Å²) in [5, 5.41) is 22.6. The Balaban J connectivity index is 1.65. The van der Waals surface area contributed by atoms with Gasteiger partial charge in [-0.15, -0.1) is 11.3 Å². The number of amides is 1. The van der Waals surface area contributed by atoms with Gasteiger partial charge in [-0.25, -0.2) is 4.98 Å². The molecule has 2 aromatic carbocycles. The Labute approximate surface area is 172 Å². The zero-order chi connectivity index (χ0) is 20.5. The molecule has 4 rings (SSSR count). The summed E-state index contributed by atoms with van der Waals surface area (Å²) in [6, 6.07) is 17.1. The zero-order valence-electron chi connectivity index (χ0n) is 16.1. The van der Waals surface area contributed by atoms with Gasteiger partial charge in [0.05, 0.1) is 17.8 Å². The number of carbonyl (C=O) groups is 1. The summed E-state index contributed by atoms with van der Waals surface area (Å²) >= 11 is 1.47. The molecule has 0 saturated carbocycles. The second-order valence-corrected chi connectivity index (χ2v) is 7.98. The first kappa shape index (κ1) is 18.9. The maximum absolute atomic E-state index is 11.3. The van der Waals surface area contributed by atoms with E-state index in [9.17, 15) is 9.90 Å². The number of hydrogen-bond donors (Lipinski definition) is 3. The van der Waals surface area contributed by atoms with Crippen molar-refractivity contribution in [3.63, 3.8) is 0 Å². The van der Waals surface area contributed by atoms with Gasteiger partial charge in [0, 0.05) is 28.7 Å². The van der Waals surface area contributed by atoms with Crippen LogP contribution < -0.4 is 10.2 Å². The monoisotopic (exact) mass is 404 g/mol. The third-order valence-corrected chi connectivity index (χ3v) is 5.63. The lowest BCUT2D eigenvalue weighted by atomic mass is 10.1. The van der Waals surface area contributed by atoms with Crippen molar-refractivity contribution >= 4 is 40.0 Å². The molecular weight excluding hydrogens is 384 g/mol. The van der Waals surface area contributed by atoms with Crippen LogP contribution in [0.4, 0.5) is 11.4 Å². The van der Waals surface area contributed by atoms with E-state index in [4.69, 9.17) is 10.4 Å². The summed E-state index contributed by atoms with van der Waals surface area (Å²) in [5.41, 5.74) is 3.69. The van der Waals surface area contributed by atoms with Gasteiger partial charge in [-0.05, 0) is 25.1 Å². The standard InChI is InChI=1S/C22H20N4O2S/c1-13-20(15-7-4-3-5-8-15)25-22(29-13)19-18(28)12-26(21(19)23)17-10-6-9-16(11-17)24-14(2)27/h3-11,23,28H,12H2,1-2H3,(H,24,27). The van der Waals surface area contributed by atoms with Crippen molar-refractivity contribution in [3.8, 4) is 11.3 Å². The van der Waals surface area contributed by atoms with Gasteiger partial charge in [0.1, 0.15) is 16.6 Å². The van der Waals surface area contributed by atoms with E-state index in [-0.39, 0.29) is 24.0 Å². The fraction of sp³-hybridized carbons (Fsp3) is 0.136. The van der Waals surface area contributed by atoms with E-state index in [1.807, 2.05) is 49.4 Å². The molecule has 3 aromatic rings. The highest BCUT2D eigenvalue weighted by atomic mass is 32.1. The number of nitrogens with one attached hydrogen (secondary N) is 2. The number of hydrogen-bond acceptors (Lipinski definition) is 5. The molecule has 0 unspecified atom stereocenters. The summed E-state index contributed by atoms with van der Waals surface area (Å²) in [4.78, 5) is 18.8. The number of rotatable bonds is 4. The molecule has 1 aliphatic heterocycles. The number of nitrogens with zero attached hydrogens (tertiary/aromatic N) is 2.